The van der Waals surface area contributed by atoms with Gasteiger partial charge in [0, 0.05) is 25.5 Å². The van der Waals surface area contributed by atoms with Gasteiger partial charge < -0.3 is 14.6 Å². The molecule has 0 aliphatic carbocycles. The molecule has 0 radical (unpaired) electrons. The van der Waals surface area contributed by atoms with Crippen LogP contribution < -0.4 is 0 Å². The molecular formula is C18H21N3O3. The van der Waals surface area contributed by atoms with E-state index in [-0.39, 0.29) is 23.5 Å². The van der Waals surface area contributed by atoms with Crippen LogP contribution in [0.15, 0.2) is 43.0 Å². The highest BCUT2D eigenvalue weighted by molar-refractivity contribution is 6.39. The summed E-state index contributed by atoms with van der Waals surface area (Å²) in [6.07, 6.45) is 6.66. The van der Waals surface area contributed by atoms with Crippen LogP contribution in [0, 0.1) is 5.92 Å². The maximum absolute atomic E-state index is 12.4. The van der Waals surface area contributed by atoms with E-state index in [1.807, 2.05) is 23.8 Å². The Labute approximate surface area is 140 Å². The number of phenolic OH excluding ortho intramolecular Hbond substituents is 1. The Morgan fingerprint density at radius 2 is 2.08 bits per heavy atom. The summed E-state index contributed by atoms with van der Waals surface area (Å²) >= 11 is 0. The molecule has 1 aromatic heterocycles. The van der Waals surface area contributed by atoms with Gasteiger partial charge in [0.1, 0.15) is 5.75 Å². The highest BCUT2D eigenvalue weighted by atomic mass is 16.3. The molecular weight excluding hydrogens is 306 g/mol. The molecule has 0 bridgehead atoms. The monoisotopic (exact) mass is 327 g/mol. The van der Waals surface area contributed by atoms with Crippen molar-refractivity contribution in [3.8, 4) is 5.75 Å². The molecule has 2 heterocycles. The van der Waals surface area contributed by atoms with Gasteiger partial charge in [-0.05, 0) is 30.5 Å². The van der Waals surface area contributed by atoms with Crippen LogP contribution in [-0.4, -0.2) is 37.8 Å². The molecule has 2 unspecified atom stereocenters. The lowest BCUT2D eigenvalue weighted by molar-refractivity contribution is -0.141. The van der Waals surface area contributed by atoms with E-state index < -0.39 is 5.91 Å². The second-order valence-electron chi connectivity index (χ2n) is 6.07. The largest absolute Gasteiger partial charge is 0.508 e. The molecule has 1 N–H and O–H groups in total. The summed E-state index contributed by atoms with van der Waals surface area (Å²) in [5, 5.41) is 9.75. The van der Waals surface area contributed by atoms with Crippen LogP contribution in [0.3, 0.4) is 0 Å². The number of rotatable bonds is 6. The van der Waals surface area contributed by atoms with Crippen LogP contribution in [0.5, 0.6) is 5.75 Å². The van der Waals surface area contributed by atoms with E-state index in [0.717, 1.165) is 18.5 Å². The molecule has 6 heteroatoms. The number of nitrogens with zero attached hydrogens (tertiary/aromatic N) is 3. The maximum Gasteiger partial charge on any atom is 0.290 e. The lowest BCUT2D eigenvalue weighted by atomic mass is 9.90. The van der Waals surface area contributed by atoms with Gasteiger partial charge in [0.25, 0.3) is 5.91 Å². The fraction of sp³-hybridized carbons (Fsp3) is 0.389. The van der Waals surface area contributed by atoms with Crippen molar-refractivity contribution >= 4 is 11.7 Å². The predicted octanol–water partition coefficient (Wildman–Crippen LogP) is 2.16. The number of likely N-dealkylation sites (tertiary alicyclic amines) is 1. The molecule has 1 aliphatic heterocycles. The lowest BCUT2D eigenvalue weighted by Crippen LogP contribution is -2.31. The zero-order valence-corrected chi connectivity index (χ0v) is 13.6. The van der Waals surface area contributed by atoms with E-state index >= 15 is 0 Å². The number of hydrogen-bond acceptors (Lipinski definition) is 4. The quantitative estimate of drug-likeness (QED) is 0.825. The maximum atomic E-state index is 12.4. The Hall–Kier alpha value is -2.63. The summed E-state index contributed by atoms with van der Waals surface area (Å²) in [6.45, 7) is 3.15. The Morgan fingerprint density at radius 1 is 1.25 bits per heavy atom. The highest BCUT2D eigenvalue weighted by Gasteiger charge is 2.46. The van der Waals surface area contributed by atoms with Gasteiger partial charge in [-0.2, -0.15) is 0 Å². The number of carbonyl (C=O) groups is 2. The molecule has 1 fully saturated rings. The van der Waals surface area contributed by atoms with E-state index in [1.54, 1.807) is 35.6 Å². The van der Waals surface area contributed by atoms with Gasteiger partial charge in [-0.1, -0.05) is 19.1 Å². The normalized spacial score (nSPS) is 20.8. The number of aromatic nitrogens is 2. The second kappa shape index (κ2) is 6.86. The number of Topliss-reactive ketones (excluding diaryl/α,β-unsaturated/α-hetero) is 1. The smallest absolute Gasteiger partial charge is 0.290 e. The van der Waals surface area contributed by atoms with E-state index in [9.17, 15) is 14.7 Å². The van der Waals surface area contributed by atoms with Crippen molar-refractivity contribution in [2.75, 3.05) is 6.54 Å². The zero-order valence-electron chi connectivity index (χ0n) is 13.6. The number of imidazole rings is 1. The van der Waals surface area contributed by atoms with Crippen LogP contribution in [-0.2, 0) is 16.1 Å². The summed E-state index contributed by atoms with van der Waals surface area (Å²) in [5.41, 5.74) is 0.809. The van der Waals surface area contributed by atoms with Crippen LogP contribution in [0.4, 0.5) is 0 Å². The summed E-state index contributed by atoms with van der Waals surface area (Å²) in [7, 11) is 0. The molecule has 2 atom stereocenters. The molecule has 1 aliphatic rings. The van der Waals surface area contributed by atoms with Crippen molar-refractivity contribution in [3.05, 3.63) is 48.5 Å². The summed E-state index contributed by atoms with van der Waals surface area (Å²) in [5.74, 6) is -0.950. The number of amides is 1. The number of phenols is 1. The molecule has 1 amide bonds. The summed E-state index contributed by atoms with van der Waals surface area (Å²) in [4.78, 5) is 30.4. The lowest BCUT2D eigenvalue weighted by Gasteiger charge is -2.27. The molecule has 6 nitrogen and oxygen atoms in total. The number of aryl methyl sites for hydroxylation is 1. The van der Waals surface area contributed by atoms with Gasteiger partial charge in [-0.3, -0.25) is 9.59 Å². The van der Waals surface area contributed by atoms with E-state index in [1.165, 1.54) is 0 Å². The molecule has 2 aromatic rings. The SMILES string of the molecule is CCC1C(=O)C(=O)N(CCCn2ccnc2)C1c1cccc(O)c1. The summed E-state index contributed by atoms with van der Waals surface area (Å²) < 4.78 is 1.95. The minimum Gasteiger partial charge on any atom is -0.508 e. The fourth-order valence-corrected chi connectivity index (χ4v) is 3.40. The third-order valence-corrected chi connectivity index (χ3v) is 4.55. The molecule has 126 valence electrons. The zero-order chi connectivity index (χ0) is 17.1. The number of aromatic hydroxyl groups is 1. The van der Waals surface area contributed by atoms with E-state index in [4.69, 9.17) is 0 Å². The Balaban J connectivity index is 1.80. The first-order chi connectivity index (χ1) is 11.6. The first-order valence-corrected chi connectivity index (χ1v) is 8.21. The first-order valence-electron chi connectivity index (χ1n) is 8.21. The first kappa shape index (κ1) is 16.2. The van der Waals surface area contributed by atoms with Gasteiger partial charge in [-0.25, -0.2) is 4.98 Å². The Morgan fingerprint density at radius 3 is 2.75 bits per heavy atom. The fourth-order valence-electron chi connectivity index (χ4n) is 3.40. The van der Waals surface area contributed by atoms with Crippen molar-refractivity contribution in [2.24, 2.45) is 5.92 Å². The van der Waals surface area contributed by atoms with Gasteiger partial charge in [0.05, 0.1) is 18.3 Å². The second-order valence-corrected chi connectivity index (χ2v) is 6.07. The van der Waals surface area contributed by atoms with Crippen LogP contribution in [0.1, 0.15) is 31.4 Å². The Bertz CT molecular complexity index is 727. The van der Waals surface area contributed by atoms with Crippen molar-refractivity contribution in [2.45, 2.75) is 32.4 Å². The topological polar surface area (TPSA) is 75.4 Å². The van der Waals surface area contributed by atoms with Gasteiger partial charge in [0.2, 0.25) is 5.78 Å². The van der Waals surface area contributed by atoms with Gasteiger partial charge in [-0.15, -0.1) is 0 Å². The Kier molecular flexibility index (Phi) is 4.64. The van der Waals surface area contributed by atoms with Crippen molar-refractivity contribution < 1.29 is 14.7 Å². The molecule has 1 saturated heterocycles. The van der Waals surface area contributed by atoms with Gasteiger partial charge >= 0.3 is 0 Å². The number of carbonyl (C=O) groups excluding carboxylic acids is 2. The van der Waals surface area contributed by atoms with E-state index in [0.29, 0.717) is 13.0 Å². The van der Waals surface area contributed by atoms with Crippen molar-refractivity contribution in [1.29, 1.82) is 0 Å². The minimum absolute atomic E-state index is 0.146. The number of hydrogen-bond donors (Lipinski definition) is 1. The van der Waals surface area contributed by atoms with E-state index in [2.05, 4.69) is 4.98 Å². The average molecular weight is 327 g/mol. The third kappa shape index (κ3) is 3.04. The number of ketones is 1. The molecule has 0 spiro atoms. The predicted molar refractivity (Wildman–Crippen MR) is 88.2 cm³/mol. The van der Waals surface area contributed by atoms with Crippen LogP contribution >= 0.6 is 0 Å². The third-order valence-electron chi connectivity index (χ3n) is 4.55. The molecule has 0 saturated carbocycles. The molecule has 3 rings (SSSR count). The van der Waals surface area contributed by atoms with Crippen LogP contribution in [0.2, 0.25) is 0 Å². The highest BCUT2D eigenvalue weighted by Crippen LogP contribution is 2.38. The van der Waals surface area contributed by atoms with Gasteiger partial charge in [0.15, 0.2) is 0 Å². The molecule has 24 heavy (non-hydrogen) atoms. The minimum atomic E-state index is -0.416. The standard InChI is InChI=1S/C18H21N3O3/c1-2-15-16(13-5-3-6-14(22)11-13)21(18(24)17(15)23)9-4-8-20-10-7-19-12-20/h3,5-7,10-12,15-16,22H,2,4,8-9H2,1H3. The summed E-state index contributed by atoms with van der Waals surface area (Å²) in [6, 6.07) is 6.54. The number of benzene rings is 1. The van der Waals surface area contributed by atoms with Crippen molar-refractivity contribution in [1.82, 2.24) is 14.5 Å². The van der Waals surface area contributed by atoms with Crippen LogP contribution in [0.25, 0.3) is 0 Å². The molecule has 1 aromatic carbocycles. The average Bonchev–Trinajstić information content (AvgIpc) is 3.16. The van der Waals surface area contributed by atoms with Crippen molar-refractivity contribution in [3.63, 3.8) is 0 Å².